The summed E-state index contributed by atoms with van der Waals surface area (Å²) in [5, 5.41) is 0.430. The van der Waals surface area contributed by atoms with Gasteiger partial charge in [0.2, 0.25) is 0 Å². The molecule has 1 unspecified atom stereocenters. The maximum atomic E-state index is 12.9. The second-order valence-electron chi connectivity index (χ2n) is 3.98. The molecule has 1 aromatic heterocycles. The summed E-state index contributed by atoms with van der Waals surface area (Å²) in [6.07, 6.45) is 3.24. The summed E-state index contributed by atoms with van der Waals surface area (Å²) in [5.74, 6) is 5.20. The smallest absolute Gasteiger partial charge is 0.124 e. The molecule has 1 heterocycles. The van der Waals surface area contributed by atoms with Gasteiger partial charge < -0.3 is 0 Å². The summed E-state index contributed by atoms with van der Waals surface area (Å²) in [6.45, 7) is 0. The second-order valence-corrected chi connectivity index (χ2v) is 5.35. The van der Waals surface area contributed by atoms with E-state index in [2.05, 4.69) is 10.4 Å². The van der Waals surface area contributed by atoms with E-state index >= 15 is 0 Å². The number of nitrogens with one attached hydrogen (secondary N) is 1. The van der Waals surface area contributed by atoms with Crippen LogP contribution in [0.25, 0.3) is 0 Å². The van der Waals surface area contributed by atoms with Gasteiger partial charge in [0.1, 0.15) is 5.82 Å². The quantitative estimate of drug-likeness (QED) is 0.656. The van der Waals surface area contributed by atoms with Gasteiger partial charge in [-0.15, -0.1) is 11.3 Å². The van der Waals surface area contributed by atoms with E-state index < -0.39 is 0 Å². The molecular formula is C12H13ClFN3S. The van der Waals surface area contributed by atoms with E-state index in [1.165, 1.54) is 12.1 Å². The third-order valence-corrected chi connectivity index (χ3v) is 3.80. The Balaban J connectivity index is 2.05. The highest BCUT2D eigenvalue weighted by Crippen LogP contribution is 2.20. The fourth-order valence-corrected chi connectivity index (χ4v) is 2.65. The molecule has 2 rings (SSSR count). The van der Waals surface area contributed by atoms with Gasteiger partial charge in [0, 0.05) is 28.6 Å². The molecule has 3 N–H and O–H groups in total. The lowest BCUT2D eigenvalue weighted by Crippen LogP contribution is -2.38. The van der Waals surface area contributed by atoms with Crippen LogP contribution in [0, 0.1) is 5.82 Å². The third kappa shape index (κ3) is 3.49. The van der Waals surface area contributed by atoms with E-state index in [4.69, 9.17) is 17.4 Å². The van der Waals surface area contributed by atoms with Crippen molar-refractivity contribution in [2.75, 3.05) is 0 Å². The maximum absolute atomic E-state index is 12.9. The van der Waals surface area contributed by atoms with Crippen LogP contribution in [0.3, 0.4) is 0 Å². The molecule has 0 bridgehead atoms. The van der Waals surface area contributed by atoms with E-state index in [9.17, 15) is 4.39 Å². The van der Waals surface area contributed by atoms with Gasteiger partial charge in [-0.2, -0.15) is 0 Å². The summed E-state index contributed by atoms with van der Waals surface area (Å²) in [7, 11) is 0. The number of halogens is 2. The van der Waals surface area contributed by atoms with Crippen LogP contribution in [0.15, 0.2) is 29.9 Å². The molecule has 0 spiro atoms. The highest BCUT2D eigenvalue weighted by atomic mass is 35.5. The van der Waals surface area contributed by atoms with E-state index in [1.54, 1.807) is 22.9 Å². The zero-order valence-corrected chi connectivity index (χ0v) is 11.1. The minimum atomic E-state index is -0.330. The van der Waals surface area contributed by atoms with E-state index in [0.717, 1.165) is 16.9 Å². The monoisotopic (exact) mass is 285 g/mol. The fraction of sp³-hybridized carbons (Fsp3) is 0.250. The predicted octanol–water partition coefficient (Wildman–Crippen LogP) is 2.55. The Morgan fingerprint density at radius 1 is 1.44 bits per heavy atom. The minimum Gasteiger partial charge on any atom is -0.271 e. The Morgan fingerprint density at radius 2 is 2.28 bits per heavy atom. The highest BCUT2D eigenvalue weighted by molar-refractivity contribution is 7.09. The van der Waals surface area contributed by atoms with Crippen molar-refractivity contribution in [3.63, 3.8) is 0 Å². The van der Waals surface area contributed by atoms with Crippen molar-refractivity contribution >= 4 is 22.9 Å². The molecule has 0 amide bonds. The number of aromatic nitrogens is 1. The van der Waals surface area contributed by atoms with Crippen molar-refractivity contribution in [2.24, 2.45) is 5.84 Å². The Hall–Kier alpha value is -1.01. The number of hydrogen-bond donors (Lipinski definition) is 2. The average molecular weight is 286 g/mol. The van der Waals surface area contributed by atoms with Gasteiger partial charge in [0.25, 0.3) is 0 Å². The molecule has 0 radical (unpaired) electrons. The lowest BCUT2D eigenvalue weighted by atomic mass is 10.0. The molecular weight excluding hydrogens is 273 g/mol. The van der Waals surface area contributed by atoms with Crippen molar-refractivity contribution in [3.8, 4) is 0 Å². The molecule has 0 aliphatic carbocycles. The molecule has 0 aliphatic rings. The molecule has 0 saturated heterocycles. The largest absolute Gasteiger partial charge is 0.271 e. The first-order valence-corrected chi connectivity index (χ1v) is 6.72. The first-order chi connectivity index (χ1) is 8.69. The summed E-state index contributed by atoms with van der Waals surface area (Å²) in [4.78, 5) is 5.17. The lowest BCUT2D eigenvalue weighted by Gasteiger charge is -2.15. The van der Waals surface area contributed by atoms with Gasteiger partial charge in [0.15, 0.2) is 0 Å². The van der Waals surface area contributed by atoms with Gasteiger partial charge in [-0.25, -0.2) is 4.39 Å². The zero-order valence-electron chi connectivity index (χ0n) is 9.57. The lowest BCUT2D eigenvalue weighted by molar-refractivity contribution is 0.524. The minimum absolute atomic E-state index is 0.0495. The van der Waals surface area contributed by atoms with Gasteiger partial charge in [-0.05, 0) is 24.1 Å². The van der Waals surface area contributed by atoms with Crippen LogP contribution >= 0.6 is 22.9 Å². The van der Waals surface area contributed by atoms with Crippen molar-refractivity contribution in [1.29, 1.82) is 0 Å². The van der Waals surface area contributed by atoms with Crippen LogP contribution in [0.2, 0.25) is 5.02 Å². The number of nitrogens with two attached hydrogens (primary N) is 1. The van der Waals surface area contributed by atoms with Crippen molar-refractivity contribution < 1.29 is 4.39 Å². The predicted molar refractivity (Wildman–Crippen MR) is 72.0 cm³/mol. The molecule has 3 nitrogen and oxygen atoms in total. The standard InChI is InChI=1S/C12H13ClFN3S/c13-12-4-9(14)2-1-8(12)3-10(17-15)5-11-6-16-7-18-11/h1-2,4,6-7,10,17H,3,5,15H2. The van der Waals surface area contributed by atoms with Crippen molar-refractivity contribution in [3.05, 3.63) is 51.2 Å². The van der Waals surface area contributed by atoms with Crippen LogP contribution in [0.5, 0.6) is 0 Å². The average Bonchev–Trinajstić information content (AvgIpc) is 2.84. The number of hydrazine groups is 1. The summed E-state index contributed by atoms with van der Waals surface area (Å²) in [6, 6.07) is 4.46. The number of thiazole rings is 1. The van der Waals surface area contributed by atoms with E-state index in [0.29, 0.717) is 11.4 Å². The summed E-state index contributed by atoms with van der Waals surface area (Å²) < 4.78 is 12.9. The highest BCUT2D eigenvalue weighted by Gasteiger charge is 2.12. The van der Waals surface area contributed by atoms with E-state index in [-0.39, 0.29) is 11.9 Å². The first-order valence-electron chi connectivity index (χ1n) is 5.46. The zero-order chi connectivity index (χ0) is 13.0. The van der Waals surface area contributed by atoms with Gasteiger partial charge >= 0.3 is 0 Å². The topological polar surface area (TPSA) is 50.9 Å². The molecule has 2 aromatic rings. The van der Waals surface area contributed by atoms with Crippen LogP contribution in [0.1, 0.15) is 10.4 Å². The van der Waals surface area contributed by atoms with Gasteiger partial charge in [-0.3, -0.25) is 16.3 Å². The van der Waals surface area contributed by atoms with Gasteiger partial charge in [-0.1, -0.05) is 17.7 Å². The molecule has 1 atom stereocenters. The second kappa shape index (κ2) is 6.24. The van der Waals surface area contributed by atoms with Crippen LogP contribution in [-0.2, 0) is 12.8 Å². The Kier molecular flexibility index (Phi) is 4.66. The maximum Gasteiger partial charge on any atom is 0.124 e. The SMILES string of the molecule is NNC(Cc1cncs1)Cc1ccc(F)cc1Cl. The Labute approximate surface area is 114 Å². The summed E-state index contributed by atoms with van der Waals surface area (Å²) in [5.41, 5.74) is 5.42. The third-order valence-electron chi connectivity index (χ3n) is 2.65. The molecule has 0 fully saturated rings. The molecule has 96 valence electrons. The molecule has 1 aromatic carbocycles. The summed E-state index contributed by atoms with van der Waals surface area (Å²) >= 11 is 7.58. The molecule has 0 saturated carbocycles. The van der Waals surface area contributed by atoms with Gasteiger partial charge in [0.05, 0.1) is 5.51 Å². The van der Waals surface area contributed by atoms with Crippen molar-refractivity contribution in [2.45, 2.75) is 18.9 Å². The number of benzene rings is 1. The molecule has 0 aliphatic heterocycles. The van der Waals surface area contributed by atoms with Crippen LogP contribution in [0.4, 0.5) is 4.39 Å². The Morgan fingerprint density at radius 3 is 2.89 bits per heavy atom. The van der Waals surface area contributed by atoms with E-state index in [1.807, 2.05) is 6.20 Å². The Bertz CT molecular complexity index is 504. The molecule has 18 heavy (non-hydrogen) atoms. The number of nitrogens with zero attached hydrogens (tertiary/aromatic N) is 1. The van der Waals surface area contributed by atoms with Crippen molar-refractivity contribution in [1.82, 2.24) is 10.4 Å². The normalized spacial score (nSPS) is 12.6. The number of rotatable bonds is 5. The van der Waals surface area contributed by atoms with Crippen LogP contribution < -0.4 is 11.3 Å². The first kappa shape index (κ1) is 13.4. The molecule has 6 heteroatoms. The fourth-order valence-electron chi connectivity index (χ4n) is 1.73. The van der Waals surface area contributed by atoms with Crippen LogP contribution in [-0.4, -0.2) is 11.0 Å². The number of hydrogen-bond acceptors (Lipinski definition) is 4.